The molecule has 0 aromatic heterocycles. The zero-order chi connectivity index (χ0) is 18.0. The first kappa shape index (κ1) is 17.2. The summed E-state index contributed by atoms with van der Waals surface area (Å²) in [6, 6.07) is 12.4. The third-order valence-electron chi connectivity index (χ3n) is 3.85. The second-order valence-electron chi connectivity index (χ2n) is 5.89. The van der Waals surface area contributed by atoms with Crippen LogP contribution in [0.25, 0.3) is 0 Å². The van der Waals surface area contributed by atoms with E-state index in [1.165, 1.54) is 5.01 Å². The van der Waals surface area contributed by atoms with E-state index in [2.05, 4.69) is 5.10 Å². The van der Waals surface area contributed by atoms with E-state index in [4.69, 9.17) is 16.3 Å². The minimum atomic E-state index is -0.560. The Balaban J connectivity index is 1.84. The number of hydrogen-bond donors (Lipinski definition) is 0. The van der Waals surface area contributed by atoms with E-state index in [1.54, 1.807) is 31.2 Å². The Bertz CT molecular complexity index is 877. The minimum Gasteiger partial charge on any atom is -0.422 e. The fraction of sp³-hybridized carbons (Fsp3) is 0.211. The van der Waals surface area contributed by atoms with Crippen LogP contribution >= 0.6 is 11.6 Å². The lowest BCUT2D eigenvalue weighted by Crippen LogP contribution is -2.35. The molecule has 1 heterocycles. The monoisotopic (exact) mass is 356 g/mol. The summed E-state index contributed by atoms with van der Waals surface area (Å²) in [4.78, 5) is 24.6. The third-order valence-corrected chi connectivity index (χ3v) is 4.09. The molecule has 2 aromatic rings. The molecule has 0 unspecified atom stereocenters. The summed E-state index contributed by atoms with van der Waals surface area (Å²) in [6.45, 7) is 3.74. The number of ether oxygens (including phenoxy) is 1. The van der Waals surface area contributed by atoms with Crippen molar-refractivity contribution >= 4 is 34.9 Å². The second-order valence-corrected chi connectivity index (χ2v) is 6.33. The van der Waals surface area contributed by atoms with Gasteiger partial charge in [0.05, 0.1) is 5.69 Å². The maximum absolute atomic E-state index is 12.4. The molecule has 6 heteroatoms. The van der Waals surface area contributed by atoms with E-state index in [9.17, 15) is 9.59 Å². The van der Waals surface area contributed by atoms with E-state index in [0.29, 0.717) is 16.5 Å². The largest absolute Gasteiger partial charge is 0.422 e. The molecule has 1 aliphatic rings. The van der Waals surface area contributed by atoms with Gasteiger partial charge in [0.1, 0.15) is 11.5 Å². The second kappa shape index (κ2) is 7.07. The zero-order valence-electron chi connectivity index (χ0n) is 14.0. The van der Waals surface area contributed by atoms with Gasteiger partial charge in [-0.2, -0.15) is 5.10 Å². The summed E-state index contributed by atoms with van der Waals surface area (Å²) in [7, 11) is 0. The van der Waals surface area contributed by atoms with Gasteiger partial charge in [-0.05, 0) is 55.3 Å². The van der Waals surface area contributed by atoms with Gasteiger partial charge in [0, 0.05) is 17.9 Å². The summed E-state index contributed by atoms with van der Waals surface area (Å²) >= 11 is 5.91. The molecular formula is C19H17ClN2O3. The van der Waals surface area contributed by atoms with Crippen LogP contribution in [0.15, 0.2) is 47.6 Å². The van der Waals surface area contributed by atoms with Crippen molar-refractivity contribution < 1.29 is 14.3 Å². The van der Waals surface area contributed by atoms with Gasteiger partial charge in [-0.25, -0.2) is 9.80 Å². The molecule has 1 aliphatic heterocycles. The smallest absolute Gasteiger partial charge is 0.359 e. The summed E-state index contributed by atoms with van der Waals surface area (Å²) < 4.78 is 5.42. The van der Waals surface area contributed by atoms with Gasteiger partial charge in [-0.15, -0.1) is 0 Å². The van der Waals surface area contributed by atoms with Crippen molar-refractivity contribution in [1.29, 1.82) is 0 Å². The molecule has 0 saturated heterocycles. The summed E-state index contributed by atoms with van der Waals surface area (Å²) in [5.74, 6) is -0.281. The predicted molar refractivity (Wildman–Crippen MR) is 97.2 cm³/mol. The van der Waals surface area contributed by atoms with Crippen molar-refractivity contribution in [1.82, 2.24) is 0 Å². The Hall–Kier alpha value is -2.66. The molecule has 0 aliphatic carbocycles. The number of rotatable bonds is 3. The molecule has 2 aromatic carbocycles. The number of carbonyl (C=O) groups is 2. The molecule has 0 radical (unpaired) electrons. The van der Waals surface area contributed by atoms with Gasteiger partial charge in [-0.3, -0.25) is 4.79 Å². The van der Waals surface area contributed by atoms with Crippen molar-refractivity contribution in [3.05, 3.63) is 58.6 Å². The van der Waals surface area contributed by atoms with Crippen LogP contribution in [-0.4, -0.2) is 17.6 Å². The van der Waals surface area contributed by atoms with Crippen LogP contribution < -0.4 is 9.75 Å². The Kier molecular flexibility index (Phi) is 4.86. The number of aryl methyl sites for hydroxylation is 2. The molecular weight excluding hydrogens is 340 g/mol. The molecule has 0 bridgehead atoms. The topological polar surface area (TPSA) is 59.0 Å². The number of nitrogens with zero attached hydrogens (tertiary/aromatic N) is 2. The van der Waals surface area contributed by atoms with E-state index >= 15 is 0 Å². The average Bonchev–Trinajstić information content (AvgIpc) is 2.57. The predicted octanol–water partition coefficient (Wildman–Crippen LogP) is 4.05. The standard InChI is InChI=1S/C19H17ClN2O3/c1-12-4-3-5-15(10-12)22-18(23)9-7-16(21-22)19(24)25-17-8-6-14(20)11-13(17)2/h3-6,8,10-11H,7,9H2,1-2H3. The van der Waals surface area contributed by atoms with E-state index in [1.807, 2.05) is 25.1 Å². The highest BCUT2D eigenvalue weighted by molar-refractivity contribution is 6.38. The van der Waals surface area contributed by atoms with Crippen molar-refractivity contribution in [2.45, 2.75) is 26.7 Å². The number of hydrogen-bond acceptors (Lipinski definition) is 4. The molecule has 0 atom stereocenters. The average molecular weight is 357 g/mol. The fourth-order valence-corrected chi connectivity index (χ4v) is 2.77. The first-order valence-corrected chi connectivity index (χ1v) is 8.27. The highest BCUT2D eigenvalue weighted by Crippen LogP contribution is 2.24. The highest BCUT2D eigenvalue weighted by Gasteiger charge is 2.27. The highest BCUT2D eigenvalue weighted by atomic mass is 35.5. The Morgan fingerprint density at radius 1 is 1.16 bits per heavy atom. The molecule has 128 valence electrons. The number of esters is 1. The van der Waals surface area contributed by atoms with Crippen LogP contribution in [0, 0.1) is 13.8 Å². The normalized spacial score (nSPS) is 14.3. The van der Waals surface area contributed by atoms with E-state index in [0.717, 1.165) is 11.1 Å². The van der Waals surface area contributed by atoms with Gasteiger partial charge in [0.25, 0.3) is 0 Å². The van der Waals surface area contributed by atoms with Gasteiger partial charge in [0.15, 0.2) is 0 Å². The van der Waals surface area contributed by atoms with Crippen LogP contribution in [0.4, 0.5) is 5.69 Å². The number of hydrazone groups is 1. The zero-order valence-corrected chi connectivity index (χ0v) is 14.7. The van der Waals surface area contributed by atoms with Crippen LogP contribution in [0.3, 0.4) is 0 Å². The van der Waals surface area contributed by atoms with Gasteiger partial charge in [-0.1, -0.05) is 23.7 Å². The van der Waals surface area contributed by atoms with Crippen LogP contribution in [0.1, 0.15) is 24.0 Å². The number of halogens is 1. The van der Waals surface area contributed by atoms with E-state index < -0.39 is 5.97 Å². The lowest BCUT2D eigenvalue weighted by molar-refractivity contribution is -0.127. The number of carbonyl (C=O) groups excluding carboxylic acids is 2. The van der Waals surface area contributed by atoms with Crippen LogP contribution in [0.2, 0.25) is 5.02 Å². The SMILES string of the molecule is Cc1cccc(N2N=C(C(=O)Oc3ccc(Cl)cc3C)CCC2=O)c1. The Morgan fingerprint density at radius 3 is 2.68 bits per heavy atom. The Morgan fingerprint density at radius 2 is 1.96 bits per heavy atom. The van der Waals surface area contributed by atoms with Gasteiger partial charge >= 0.3 is 5.97 Å². The summed E-state index contributed by atoms with van der Waals surface area (Å²) in [5.41, 5.74) is 2.61. The maximum atomic E-state index is 12.4. The van der Waals surface area contributed by atoms with Crippen molar-refractivity contribution in [2.24, 2.45) is 5.10 Å². The molecule has 5 nitrogen and oxygen atoms in total. The molecule has 3 rings (SSSR count). The van der Waals surface area contributed by atoms with Crippen LogP contribution in [0.5, 0.6) is 5.75 Å². The number of benzene rings is 2. The summed E-state index contributed by atoms with van der Waals surface area (Å²) in [6.07, 6.45) is 0.466. The molecule has 25 heavy (non-hydrogen) atoms. The third kappa shape index (κ3) is 3.88. The quantitative estimate of drug-likeness (QED) is 0.616. The number of amides is 1. The molecule has 0 spiro atoms. The van der Waals surface area contributed by atoms with Crippen LogP contribution in [-0.2, 0) is 9.59 Å². The molecule has 0 N–H and O–H groups in total. The van der Waals surface area contributed by atoms with Crippen molar-refractivity contribution in [3.63, 3.8) is 0 Å². The Labute approximate surface area is 150 Å². The van der Waals surface area contributed by atoms with Gasteiger partial charge in [0.2, 0.25) is 5.91 Å². The maximum Gasteiger partial charge on any atom is 0.359 e. The first-order valence-electron chi connectivity index (χ1n) is 7.89. The van der Waals surface area contributed by atoms with E-state index in [-0.39, 0.29) is 24.5 Å². The minimum absolute atomic E-state index is 0.148. The van der Waals surface area contributed by atoms with Crippen molar-refractivity contribution in [2.75, 3.05) is 5.01 Å². The number of anilines is 1. The molecule has 0 saturated carbocycles. The lowest BCUT2D eigenvalue weighted by Gasteiger charge is -2.23. The lowest BCUT2D eigenvalue weighted by atomic mass is 10.1. The first-order chi connectivity index (χ1) is 11.9. The van der Waals surface area contributed by atoms with Crippen molar-refractivity contribution in [3.8, 4) is 5.75 Å². The summed E-state index contributed by atoms with van der Waals surface area (Å²) in [5, 5.41) is 6.06. The molecule has 0 fully saturated rings. The fourth-order valence-electron chi connectivity index (χ4n) is 2.55. The molecule has 1 amide bonds. The van der Waals surface area contributed by atoms with Gasteiger partial charge < -0.3 is 4.74 Å².